The third kappa shape index (κ3) is 3.44. The van der Waals surface area contributed by atoms with Gasteiger partial charge in [-0.3, -0.25) is 9.69 Å². The summed E-state index contributed by atoms with van der Waals surface area (Å²) < 4.78 is 7.09. The van der Waals surface area contributed by atoms with Gasteiger partial charge in [0.05, 0.1) is 13.2 Å². The molecule has 6 heteroatoms. The van der Waals surface area contributed by atoms with Crippen LogP contribution in [0, 0.1) is 6.92 Å². The van der Waals surface area contributed by atoms with Crippen molar-refractivity contribution >= 4 is 12.0 Å². The maximum absolute atomic E-state index is 13.2. The summed E-state index contributed by atoms with van der Waals surface area (Å²) in [6.07, 6.45) is 3.52. The molecule has 2 aromatic rings. The standard InChI is InChI=1S/C21H25N3O3/c1-15-5-3-6-16(13-15)20-18-7-4-10-22(18)11-12-23(20)19(25)14-24(17-8-9-17)21(26)27-2/h3-7,10,13,17,20H,8-9,11-12,14H2,1-2H3. The highest BCUT2D eigenvalue weighted by molar-refractivity contribution is 5.83. The van der Waals surface area contributed by atoms with Gasteiger partial charge in [-0.25, -0.2) is 4.79 Å². The van der Waals surface area contributed by atoms with Crippen LogP contribution in [-0.4, -0.2) is 52.6 Å². The van der Waals surface area contributed by atoms with E-state index in [-0.39, 0.29) is 24.5 Å². The zero-order chi connectivity index (χ0) is 19.0. The van der Waals surface area contributed by atoms with Crippen LogP contribution in [0.5, 0.6) is 0 Å². The summed E-state index contributed by atoms with van der Waals surface area (Å²) in [4.78, 5) is 28.8. The second kappa shape index (κ2) is 7.10. The average Bonchev–Trinajstić information content (AvgIpc) is 3.40. The van der Waals surface area contributed by atoms with E-state index in [1.165, 1.54) is 7.11 Å². The lowest BCUT2D eigenvalue weighted by Gasteiger charge is -2.38. The van der Waals surface area contributed by atoms with Crippen LogP contribution in [0.15, 0.2) is 42.6 Å². The molecule has 1 aromatic carbocycles. The molecular weight excluding hydrogens is 342 g/mol. The fourth-order valence-electron chi connectivity index (χ4n) is 3.93. The highest BCUT2D eigenvalue weighted by Gasteiger charge is 2.38. The van der Waals surface area contributed by atoms with Crippen molar-refractivity contribution in [3.8, 4) is 0 Å². The zero-order valence-electron chi connectivity index (χ0n) is 15.8. The Morgan fingerprint density at radius 1 is 1.19 bits per heavy atom. The number of methoxy groups -OCH3 is 1. The number of ether oxygens (including phenoxy) is 1. The van der Waals surface area contributed by atoms with E-state index in [0.717, 1.165) is 36.2 Å². The minimum atomic E-state index is -0.418. The molecule has 1 unspecified atom stereocenters. The Balaban J connectivity index is 1.64. The van der Waals surface area contributed by atoms with Crippen molar-refractivity contribution in [3.05, 3.63) is 59.4 Å². The number of aryl methyl sites for hydroxylation is 1. The van der Waals surface area contributed by atoms with E-state index in [2.05, 4.69) is 42.0 Å². The summed E-state index contributed by atoms with van der Waals surface area (Å²) in [5.41, 5.74) is 3.37. The maximum atomic E-state index is 13.2. The molecule has 1 saturated carbocycles. The lowest BCUT2D eigenvalue weighted by molar-refractivity contribution is -0.135. The van der Waals surface area contributed by atoms with Gasteiger partial charge in [-0.15, -0.1) is 0 Å². The molecule has 2 aliphatic rings. The summed E-state index contributed by atoms with van der Waals surface area (Å²) in [6, 6.07) is 12.4. The smallest absolute Gasteiger partial charge is 0.410 e. The number of rotatable bonds is 4. The van der Waals surface area contributed by atoms with Crippen molar-refractivity contribution in [3.63, 3.8) is 0 Å². The topological polar surface area (TPSA) is 54.8 Å². The van der Waals surface area contributed by atoms with Crippen molar-refractivity contribution < 1.29 is 14.3 Å². The third-order valence-electron chi connectivity index (χ3n) is 5.42. The van der Waals surface area contributed by atoms with Crippen LogP contribution in [0.1, 0.15) is 35.7 Å². The molecule has 1 aromatic heterocycles. The summed E-state index contributed by atoms with van der Waals surface area (Å²) in [5, 5.41) is 0. The Kier molecular flexibility index (Phi) is 4.64. The van der Waals surface area contributed by atoms with Gasteiger partial charge in [-0.05, 0) is 37.5 Å². The first-order valence-corrected chi connectivity index (χ1v) is 9.44. The fraction of sp³-hybridized carbons (Fsp3) is 0.429. The molecule has 6 nitrogen and oxygen atoms in total. The third-order valence-corrected chi connectivity index (χ3v) is 5.42. The number of benzene rings is 1. The average molecular weight is 367 g/mol. The number of amides is 2. The Labute approximate surface area is 159 Å². The quantitative estimate of drug-likeness (QED) is 0.835. The highest BCUT2D eigenvalue weighted by Crippen LogP contribution is 2.34. The van der Waals surface area contributed by atoms with E-state index in [1.807, 2.05) is 17.0 Å². The Morgan fingerprint density at radius 3 is 2.70 bits per heavy atom. The molecule has 2 amide bonds. The number of fused-ring (bicyclic) bond motifs is 1. The monoisotopic (exact) mass is 367 g/mol. The van der Waals surface area contributed by atoms with Gasteiger partial charge in [-0.2, -0.15) is 0 Å². The minimum Gasteiger partial charge on any atom is -0.453 e. The Morgan fingerprint density at radius 2 is 2.00 bits per heavy atom. The molecule has 1 atom stereocenters. The van der Waals surface area contributed by atoms with Gasteiger partial charge in [-0.1, -0.05) is 29.8 Å². The zero-order valence-corrected chi connectivity index (χ0v) is 15.8. The van der Waals surface area contributed by atoms with E-state index in [0.29, 0.717) is 6.54 Å². The predicted octanol–water partition coefficient (Wildman–Crippen LogP) is 2.96. The second-order valence-corrected chi connectivity index (χ2v) is 7.36. The van der Waals surface area contributed by atoms with Gasteiger partial charge in [0.25, 0.3) is 0 Å². The van der Waals surface area contributed by atoms with Crippen LogP contribution >= 0.6 is 0 Å². The number of carbonyl (C=O) groups is 2. The van der Waals surface area contributed by atoms with Gasteiger partial charge >= 0.3 is 6.09 Å². The van der Waals surface area contributed by atoms with E-state index in [1.54, 1.807) is 4.90 Å². The molecule has 2 heterocycles. The SMILES string of the molecule is COC(=O)N(CC(=O)N1CCn2cccc2C1c1cccc(C)c1)C1CC1. The van der Waals surface area contributed by atoms with E-state index in [4.69, 9.17) is 4.74 Å². The Bertz CT molecular complexity index is 856. The van der Waals surface area contributed by atoms with Gasteiger partial charge in [0.2, 0.25) is 5.91 Å². The number of hydrogen-bond donors (Lipinski definition) is 0. The minimum absolute atomic E-state index is 0.0359. The number of nitrogens with zero attached hydrogens (tertiary/aromatic N) is 3. The molecule has 0 bridgehead atoms. The van der Waals surface area contributed by atoms with Crippen molar-refractivity contribution in [2.24, 2.45) is 0 Å². The summed E-state index contributed by atoms with van der Waals surface area (Å²) in [7, 11) is 1.37. The van der Waals surface area contributed by atoms with Gasteiger partial charge in [0.1, 0.15) is 6.54 Å². The molecule has 27 heavy (non-hydrogen) atoms. The first-order chi connectivity index (χ1) is 13.1. The fourth-order valence-corrected chi connectivity index (χ4v) is 3.93. The summed E-state index contributed by atoms with van der Waals surface area (Å²) in [5.74, 6) is -0.0359. The molecule has 1 fully saturated rings. The highest BCUT2D eigenvalue weighted by atomic mass is 16.5. The van der Waals surface area contributed by atoms with Gasteiger partial charge < -0.3 is 14.2 Å². The lowest BCUT2D eigenvalue weighted by Crippen LogP contribution is -2.48. The first-order valence-electron chi connectivity index (χ1n) is 9.44. The van der Waals surface area contributed by atoms with Crippen molar-refractivity contribution in [2.75, 3.05) is 20.2 Å². The largest absolute Gasteiger partial charge is 0.453 e. The van der Waals surface area contributed by atoms with Crippen LogP contribution in [-0.2, 0) is 16.1 Å². The normalized spacial score (nSPS) is 18.7. The van der Waals surface area contributed by atoms with Crippen molar-refractivity contribution in [1.82, 2.24) is 14.4 Å². The molecule has 0 radical (unpaired) electrons. The molecule has 1 aliphatic carbocycles. The van der Waals surface area contributed by atoms with E-state index < -0.39 is 6.09 Å². The van der Waals surface area contributed by atoms with Gasteiger partial charge in [0, 0.05) is 31.0 Å². The molecule has 142 valence electrons. The van der Waals surface area contributed by atoms with Crippen LogP contribution in [0.4, 0.5) is 4.79 Å². The summed E-state index contributed by atoms with van der Waals surface area (Å²) >= 11 is 0. The second-order valence-electron chi connectivity index (χ2n) is 7.36. The van der Waals surface area contributed by atoms with Crippen LogP contribution in [0.3, 0.4) is 0 Å². The van der Waals surface area contributed by atoms with Gasteiger partial charge in [0.15, 0.2) is 0 Å². The number of hydrogen-bond acceptors (Lipinski definition) is 3. The molecule has 4 rings (SSSR count). The molecule has 0 N–H and O–H groups in total. The molecule has 0 spiro atoms. The lowest BCUT2D eigenvalue weighted by atomic mass is 9.98. The number of aromatic nitrogens is 1. The first kappa shape index (κ1) is 17.6. The summed E-state index contributed by atoms with van der Waals surface area (Å²) in [6.45, 7) is 3.51. The van der Waals surface area contributed by atoms with E-state index in [9.17, 15) is 9.59 Å². The number of carbonyl (C=O) groups excluding carboxylic acids is 2. The predicted molar refractivity (Wildman–Crippen MR) is 101 cm³/mol. The Hall–Kier alpha value is -2.76. The van der Waals surface area contributed by atoms with Crippen LogP contribution < -0.4 is 0 Å². The maximum Gasteiger partial charge on any atom is 0.410 e. The molecule has 0 saturated heterocycles. The van der Waals surface area contributed by atoms with Crippen LogP contribution in [0.2, 0.25) is 0 Å². The molecule has 1 aliphatic heterocycles. The molecular formula is C21H25N3O3. The van der Waals surface area contributed by atoms with E-state index >= 15 is 0 Å². The van der Waals surface area contributed by atoms with Crippen molar-refractivity contribution in [2.45, 2.75) is 38.4 Å². The van der Waals surface area contributed by atoms with Crippen molar-refractivity contribution in [1.29, 1.82) is 0 Å². The van der Waals surface area contributed by atoms with Crippen LogP contribution in [0.25, 0.3) is 0 Å².